The molecule has 7 N–H and O–H groups in total. The Kier molecular flexibility index (Phi) is 11.6. The third kappa shape index (κ3) is 10.2. The lowest BCUT2D eigenvalue weighted by Crippen LogP contribution is -2.42. The van der Waals surface area contributed by atoms with Crippen molar-refractivity contribution in [3.05, 3.63) is 93.2 Å². The van der Waals surface area contributed by atoms with Crippen LogP contribution in [-0.2, 0) is 40.1 Å². The van der Waals surface area contributed by atoms with Crippen molar-refractivity contribution in [2.75, 3.05) is 6.54 Å². The number of aromatic amines is 1. The number of carboxylic acid groups (broad SMARTS) is 1. The maximum atomic E-state index is 12.6. The molecule has 2 amide bonds. The van der Waals surface area contributed by atoms with Crippen molar-refractivity contribution in [3.8, 4) is 5.75 Å². The van der Waals surface area contributed by atoms with Gasteiger partial charge in [0.05, 0.1) is 11.7 Å². The number of benzene rings is 2. The molecule has 41 heavy (non-hydrogen) atoms. The van der Waals surface area contributed by atoms with Crippen molar-refractivity contribution in [2.45, 2.75) is 64.0 Å². The number of carbonyl (C=O) groups is 3. The topological polar surface area (TPSA) is 187 Å². The van der Waals surface area contributed by atoms with Gasteiger partial charge in [0.1, 0.15) is 17.5 Å². The van der Waals surface area contributed by atoms with E-state index in [1.54, 1.807) is 43.3 Å². The number of phenolic OH excluding ortho intramolecular Hbond substituents is 1. The van der Waals surface area contributed by atoms with Gasteiger partial charge in [-0.3, -0.25) is 19.4 Å². The van der Waals surface area contributed by atoms with Gasteiger partial charge in [0, 0.05) is 25.1 Å². The number of aromatic hydroxyl groups is 1. The molecule has 11 nitrogen and oxygen atoms in total. The third-order valence-corrected chi connectivity index (χ3v) is 6.65. The van der Waals surface area contributed by atoms with Crippen LogP contribution in [0.2, 0.25) is 0 Å². The number of nitrogens with one attached hydrogen (secondary N) is 3. The molecule has 1 heterocycles. The minimum atomic E-state index is -1.12. The molecule has 2 aromatic carbocycles. The summed E-state index contributed by atoms with van der Waals surface area (Å²) in [6.45, 7) is 2.16. The standard InChI is InChI=1S/C30H37N5O6/c1-19-24(14-15-27(37)34-26(30(40)41)18-20-7-3-2-4-8-20)35-29(39)25(33-19)9-5-6-16-32-28(38)23(31)17-21-10-12-22(36)13-11-21/h2-4,7-8,10-13,23,26,36H,5-6,9,14-18,31H2,1H3,(H,32,38)(H,34,37)(H,35,39)(H,40,41)/t23-,26-/m0/s1. The second kappa shape index (κ2) is 15.3. The monoisotopic (exact) mass is 563 g/mol. The smallest absolute Gasteiger partial charge is 0.326 e. The summed E-state index contributed by atoms with van der Waals surface area (Å²) in [4.78, 5) is 56.1. The Morgan fingerprint density at radius 1 is 0.976 bits per heavy atom. The fourth-order valence-electron chi connectivity index (χ4n) is 4.33. The molecule has 1 aromatic heterocycles. The maximum absolute atomic E-state index is 12.6. The van der Waals surface area contributed by atoms with Crippen LogP contribution < -0.4 is 21.9 Å². The Bertz CT molecular complexity index is 1370. The fourth-order valence-corrected chi connectivity index (χ4v) is 4.33. The molecule has 0 aliphatic heterocycles. The zero-order valence-corrected chi connectivity index (χ0v) is 23.1. The lowest BCUT2D eigenvalue weighted by Gasteiger charge is -2.15. The summed E-state index contributed by atoms with van der Waals surface area (Å²) < 4.78 is 0. The van der Waals surface area contributed by atoms with Gasteiger partial charge in [-0.1, -0.05) is 42.5 Å². The largest absolute Gasteiger partial charge is 0.508 e. The van der Waals surface area contributed by atoms with Gasteiger partial charge in [-0.05, 0) is 62.3 Å². The average molecular weight is 564 g/mol. The van der Waals surface area contributed by atoms with Crippen LogP contribution >= 0.6 is 0 Å². The number of hydrogen-bond donors (Lipinski definition) is 6. The van der Waals surface area contributed by atoms with Gasteiger partial charge >= 0.3 is 5.97 Å². The van der Waals surface area contributed by atoms with Crippen LogP contribution in [0.5, 0.6) is 5.75 Å². The number of aryl methyl sites for hydroxylation is 3. The van der Waals surface area contributed by atoms with Crippen LogP contribution in [0, 0.1) is 6.92 Å². The predicted octanol–water partition coefficient (Wildman–Crippen LogP) is 1.54. The first-order chi connectivity index (χ1) is 19.6. The third-order valence-electron chi connectivity index (χ3n) is 6.65. The van der Waals surface area contributed by atoms with Crippen LogP contribution in [0.4, 0.5) is 0 Å². The number of carbonyl (C=O) groups excluding carboxylic acids is 2. The molecule has 0 aliphatic carbocycles. The van der Waals surface area contributed by atoms with E-state index in [9.17, 15) is 29.4 Å². The van der Waals surface area contributed by atoms with E-state index >= 15 is 0 Å². The molecule has 0 radical (unpaired) electrons. The minimum Gasteiger partial charge on any atom is -0.508 e. The SMILES string of the molecule is Cc1nc(CCCCNC(=O)[C@@H](N)Cc2ccc(O)cc2)c(=O)[nH]c1CCC(=O)N[C@@H](Cc1ccccc1)C(=O)O. The van der Waals surface area contributed by atoms with Gasteiger partial charge in [0.2, 0.25) is 11.8 Å². The van der Waals surface area contributed by atoms with Crippen molar-refractivity contribution < 1.29 is 24.6 Å². The van der Waals surface area contributed by atoms with Crippen LogP contribution in [0.3, 0.4) is 0 Å². The highest BCUT2D eigenvalue weighted by Crippen LogP contribution is 2.11. The molecule has 218 valence electrons. The molecule has 0 aliphatic rings. The summed E-state index contributed by atoms with van der Waals surface area (Å²) in [6, 6.07) is 13.8. The number of phenols is 1. The summed E-state index contributed by atoms with van der Waals surface area (Å²) >= 11 is 0. The number of amides is 2. The first kappa shape index (κ1) is 31.0. The number of carboxylic acids is 1. The fraction of sp³-hybridized carbons (Fsp3) is 0.367. The van der Waals surface area contributed by atoms with Crippen molar-refractivity contribution >= 4 is 17.8 Å². The number of nitrogens with zero attached hydrogens (tertiary/aromatic N) is 1. The Morgan fingerprint density at radius 3 is 2.34 bits per heavy atom. The normalized spacial score (nSPS) is 12.3. The van der Waals surface area contributed by atoms with E-state index in [4.69, 9.17) is 5.73 Å². The molecule has 3 rings (SSSR count). The highest BCUT2D eigenvalue weighted by Gasteiger charge is 2.21. The van der Waals surface area contributed by atoms with Gasteiger partial charge in [-0.25, -0.2) is 4.79 Å². The maximum Gasteiger partial charge on any atom is 0.326 e. The number of H-pyrrole nitrogens is 1. The van der Waals surface area contributed by atoms with Crippen LogP contribution in [0.1, 0.15) is 47.5 Å². The summed E-state index contributed by atoms with van der Waals surface area (Å²) in [7, 11) is 0. The molecule has 11 heteroatoms. The molecule has 0 spiro atoms. The first-order valence-corrected chi connectivity index (χ1v) is 13.6. The van der Waals surface area contributed by atoms with Crippen molar-refractivity contribution in [1.82, 2.24) is 20.6 Å². The second-order valence-electron chi connectivity index (χ2n) is 9.95. The van der Waals surface area contributed by atoms with E-state index in [1.807, 2.05) is 18.2 Å². The number of aliphatic carboxylic acids is 1. The molecular formula is C30H37N5O6. The van der Waals surface area contributed by atoms with Crippen LogP contribution in [-0.4, -0.2) is 56.6 Å². The number of hydrogen-bond acceptors (Lipinski definition) is 7. The minimum absolute atomic E-state index is 0.00492. The number of unbranched alkanes of at least 4 members (excludes halogenated alkanes) is 1. The average Bonchev–Trinajstić information content (AvgIpc) is 2.94. The van der Waals surface area contributed by atoms with Crippen molar-refractivity contribution in [1.29, 1.82) is 0 Å². The molecule has 0 unspecified atom stereocenters. The summed E-state index contributed by atoms with van der Waals surface area (Å²) in [5.41, 5.74) is 8.79. The summed E-state index contributed by atoms with van der Waals surface area (Å²) in [5, 5.41) is 24.2. The van der Waals surface area contributed by atoms with Crippen molar-refractivity contribution in [3.63, 3.8) is 0 Å². The molecule has 0 bridgehead atoms. The molecule has 2 atom stereocenters. The molecule has 0 saturated carbocycles. The molecule has 0 fully saturated rings. The number of nitrogens with two attached hydrogens (primary N) is 1. The molecule has 3 aromatic rings. The first-order valence-electron chi connectivity index (χ1n) is 13.6. The van der Waals surface area contributed by atoms with E-state index in [0.717, 1.165) is 11.1 Å². The van der Waals surface area contributed by atoms with Gasteiger partial charge in [-0.15, -0.1) is 0 Å². The zero-order chi connectivity index (χ0) is 29.8. The summed E-state index contributed by atoms with van der Waals surface area (Å²) in [6.07, 6.45) is 2.43. The second-order valence-corrected chi connectivity index (χ2v) is 9.95. The lowest BCUT2D eigenvalue weighted by atomic mass is 10.1. The van der Waals surface area contributed by atoms with Gasteiger partial charge in [0.15, 0.2) is 0 Å². The summed E-state index contributed by atoms with van der Waals surface area (Å²) in [5.74, 6) is -1.66. The number of aromatic nitrogens is 2. The van der Waals surface area contributed by atoms with Crippen LogP contribution in [0.15, 0.2) is 59.4 Å². The van der Waals surface area contributed by atoms with Gasteiger partial charge in [0.25, 0.3) is 5.56 Å². The van der Waals surface area contributed by atoms with E-state index in [-0.39, 0.29) is 36.5 Å². The van der Waals surface area contributed by atoms with Crippen LogP contribution in [0.25, 0.3) is 0 Å². The van der Waals surface area contributed by atoms with E-state index in [1.165, 1.54) is 0 Å². The van der Waals surface area contributed by atoms with E-state index in [2.05, 4.69) is 20.6 Å². The Morgan fingerprint density at radius 2 is 1.66 bits per heavy atom. The quantitative estimate of drug-likeness (QED) is 0.150. The van der Waals surface area contributed by atoms with E-state index < -0.39 is 24.0 Å². The molecular weight excluding hydrogens is 526 g/mol. The predicted molar refractivity (Wildman–Crippen MR) is 153 cm³/mol. The lowest BCUT2D eigenvalue weighted by molar-refractivity contribution is -0.141. The number of rotatable bonds is 15. The highest BCUT2D eigenvalue weighted by atomic mass is 16.4. The highest BCUT2D eigenvalue weighted by molar-refractivity contribution is 5.84. The Hall–Kier alpha value is -4.51. The Balaban J connectivity index is 1.41. The van der Waals surface area contributed by atoms with Gasteiger partial charge in [-0.2, -0.15) is 0 Å². The van der Waals surface area contributed by atoms with E-state index in [0.29, 0.717) is 49.3 Å². The van der Waals surface area contributed by atoms with Gasteiger partial charge < -0.3 is 31.6 Å². The Labute approximate surface area is 238 Å². The van der Waals surface area contributed by atoms with Crippen molar-refractivity contribution in [2.24, 2.45) is 5.73 Å². The zero-order valence-electron chi connectivity index (χ0n) is 23.1. The molecule has 0 saturated heterocycles.